The lowest BCUT2D eigenvalue weighted by Gasteiger charge is -2.34. The van der Waals surface area contributed by atoms with Gasteiger partial charge in [-0.3, -0.25) is 4.79 Å². The van der Waals surface area contributed by atoms with E-state index in [-0.39, 0.29) is 5.91 Å². The number of carbonyl (C=O) groups excluding carboxylic acids is 1. The van der Waals surface area contributed by atoms with Crippen LogP contribution in [0.1, 0.15) is 59.7 Å². The molecule has 2 heterocycles. The quantitative estimate of drug-likeness (QED) is 0.542. The van der Waals surface area contributed by atoms with Crippen molar-refractivity contribution < 1.29 is 4.79 Å². The van der Waals surface area contributed by atoms with Gasteiger partial charge >= 0.3 is 0 Å². The molecule has 2 N–H and O–H groups in total. The van der Waals surface area contributed by atoms with E-state index in [0.29, 0.717) is 34.9 Å². The van der Waals surface area contributed by atoms with Crippen molar-refractivity contribution in [3.8, 4) is 5.69 Å². The number of carbonyl (C=O) groups is 1. The Hall–Kier alpha value is -2.77. The molecule has 2 unspecified atom stereocenters. The van der Waals surface area contributed by atoms with Crippen molar-refractivity contribution in [1.29, 1.82) is 0 Å². The minimum absolute atomic E-state index is 0.105. The topological polar surface area (TPSA) is 84.7 Å². The van der Waals surface area contributed by atoms with E-state index in [1.165, 1.54) is 24.7 Å². The van der Waals surface area contributed by atoms with E-state index in [1.54, 1.807) is 10.7 Å². The van der Waals surface area contributed by atoms with E-state index >= 15 is 0 Å². The van der Waals surface area contributed by atoms with E-state index in [2.05, 4.69) is 59.1 Å². The number of piperidine rings is 1. The first-order valence-corrected chi connectivity index (χ1v) is 11.9. The molecule has 3 aromatic rings. The molecule has 1 amide bonds. The Kier molecular flexibility index (Phi) is 7.40. The first-order valence-electron chi connectivity index (χ1n) is 11.5. The summed E-state index contributed by atoms with van der Waals surface area (Å²) >= 11 is 6.21. The Morgan fingerprint density at radius 2 is 2.12 bits per heavy atom. The highest BCUT2D eigenvalue weighted by Gasteiger charge is 2.27. The SMILES string of the molecule is Cc1cc(C(=O)NCc2cc(Cl)ccc2-n2cnnn2)cc(C2CNCCC2CC(C)C)c1. The van der Waals surface area contributed by atoms with Gasteiger partial charge in [0, 0.05) is 23.7 Å². The number of tetrazole rings is 1. The van der Waals surface area contributed by atoms with Gasteiger partial charge in [0.15, 0.2) is 0 Å². The minimum Gasteiger partial charge on any atom is -0.348 e. The molecule has 33 heavy (non-hydrogen) atoms. The molecular formula is C25H31ClN6O. The Balaban J connectivity index is 1.53. The smallest absolute Gasteiger partial charge is 0.251 e. The number of nitrogens with one attached hydrogen (secondary N) is 2. The predicted molar refractivity (Wildman–Crippen MR) is 130 cm³/mol. The fraction of sp³-hybridized carbons (Fsp3) is 0.440. The van der Waals surface area contributed by atoms with E-state index in [1.807, 2.05) is 18.2 Å². The summed E-state index contributed by atoms with van der Waals surface area (Å²) in [4.78, 5) is 13.1. The number of benzene rings is 2. The lowest BCUT2D eigenvalue weighted by molar-refractivity contribution is 0.0950. The van der Waals surface area contributed by atoms with Gasteiger partial charge in [-0.1, -0.05) is 37.1 Å². The van der Waals surface area contributed by atoms with Gasteiger partial charge in [-0.15, -0.1) is 5.10 Å². The first kappa shape index (κ1) is 23.4. The number of aromatic nitrogens is 4. The molecule has 1 fully saturated rings. The molecule has 0 aliphatic carbocycles. The Morgan fingerprint density at radius 1 is 1.27 bits per heavy atom. The van der Waals surface area contributed by atoms with Crippen LogP contribution in [0.4, 0.5) is 0 Å². The Labute approximate surface area is 199 Å². The molecule has 1 saturated heterocycles. The molecule has 1 aliphatic rings. The lowest BCUT2D eigenvalue weighted by atomic mass is 9.76. The number of hydrogen-bond acceptors (Lipinski definition) is 5. The van der Waals surface area contributed by atoms with Gasteiger partial charge in [-0.25, -0.2) is 4.68 Å². The maximum atomic E-state index is 13.1. The van der Waals surface area contributed by atoms with Crippen molar-refractivity contribution in [3.05, 3.63) is 70.0 Å². The van der Waals surface area contributed by atoms with Crippen LogP contribution in [0.15, 0.2) is 42.7 Å². The molecule has 8 heteroatoms. The fourth-order valence-electron chi connectivity index (χ4n) is 4.82. The highest BCUT2D eigenvalue weighted by molar-refractivity contribution is 6.30. The number of nitrogens with zero attached hydrogens (tertiary/aromatic N) is 4. The molecule has 2 atom stereocenters. The largest absolute Gasteiger partial charge is 0.348 e. The third-order valence-electron chi connectivity index (χ3n) is 6.27. The van der Waals surface area contributed by atoms with Crippen molar-refractivity contribution in [2.45, 2.75) is 46.1 Å². The van der Waals surface area contributed by atoms with E-state index < -0.39 is 0 Å². The molecule has 0 radical (unpaired) electrons. The molecule has 174 valence electrons. The van der Waals surface area contributed by atoms with E-state index in [4.69, 9.17) is 11.6 Å². The summed E-state index contributed by atoms with van der Waals surface area (Å²) in [6.07, 6.45) is 3.90. The zero-order valence-electron chi connectivity index (χ0n) is 19.4. The molecular weight excluding hydrogens is 436 g/mol. The second-order valence-electron chi connectivity index (χ2n) is 9.33. The lowest BCUT2D eigenvalue weighted by Crippen LogP contribution is -2.36. The molecule has 1 aliphatic heterocycles. The third kappa shape index (κ3) is 5.78. The molecule has 2 aromatic carbocycles. The van der Waals surface area contributed by atoms with Gasteiger partial charge < -0.3 is 10.6 Å². The zero-order chi connectivity index (χ0) is 23.4. The average molecular weight is 467 g/mol. The van der Waals surface area contributed by atoms with Crippen LogP contribution >= 0.6 is 11.6 Å². The Morgan fingerprint density at radius 3 is 2.88 bits per heavy atom. The summed E-state index contributed by atoms with van der Waals surface area (Å²) < 4.78 is 1.56. The molecule has 0 bridgehead atoms. The first-order chi connectivity index (χ1) is 15.9. The van der Waals surface area contributed by atoms with Gasteiger partial charge in [-0.05, 0) is 95.9 Å². The van der Waals surface area contributed by atoms with Crippen molar-refractivity contribution in [2.24, 2.45) is 11.8 Å². The minimum atomic E-state index is -0.105. The molecule has 0 spiro atoms. The van der Waals surface area contributed by atoms with Crippen LogP contribution in [0.25, 0.3) is 5.69 Å². The molecule has 1 aromatic heterocycles. The summed E-state index contributed by atoms with van der Waals surface area (Å²) in [5, 5.41) is 18.5. The second kappa shape index (κ2) is 10.4. The number of aryl methyl sites for hydroxylation is 1. The normalized spacial score (nSPS) is 18.5. The highest BCUT2D eigenvalue weighted by Crippen LogP contribution is 2.34. The summed E-state index contributed by atoms with van der Waals surface area (Å²) in [5.74, 6) is 1.61. The summed E-state index contributed by atoms with van der Waals surface area (Å²) in [7, 11) is 0. The van der Waals surface area contributed by atoms with Crippen molar-refractivity contribution in [2.75, 3.05) is 13.1 Å². The standard InChI is InChI=1S/C25H31ClN6O/c1-16(2)8-18-6-7-27-14-23(18)19-9-17(3)10-20(11-19)25(33)28-13-21-12-22(26)4-5-24(21)32-15-29-30-31-32/h4-5,9-12,15-16,18,23,27H,6-8,13-14H2,1-3H3,(H,28,33). The van der Waals surface area contributed by atoms with Gasteiger partial charge in [0.25, 0.3) is 5.91 Å². The maximum Gasteiger partial charge on any atom is 0.251 e. The van der Waals surface area contributed by atoms with Crippen molar-refractivity contribution >= 4 is 17.5 Å². The summed E-state index contributed by atoms with van der Waals surface area (Å²) in [5.41, 5.74) is 4.65. The van der Waals surface area contributed by atoms with Crippen LogP contribution in [-0.2, 0) is 6.54 Å². The number of amides is 1. The fourth-order valence-corrected chi connectivity index (χ4v) is 5.01. The molecule has 0 saturated carbocycles. The predicted octanol–water partition coefficient (Wildman–Crippen LogP) is 4.29. The van der Waals surface area contributed by atoms with Crippen LogP contribution in [0, 0.1) is 18.8 Å². The van der Waals surface area contributed by atoms with Gasteiger partial charge in [-0.2, -0.15) is 0 Å². The zero-order valence-corrected chi connectivity index (χ0v) is 20.1. The van der Waals surface area contributed by atoms with Crippen LogP contribution in [-0.4, -0.2) is 39.2 Å². The van der Waals surface area contributed by atoms with Crippen LogP contribution in [0.3, 0.4) is 0 Å². The second-order valence-corrected chi connectivity index (χ2v) is 9.77. The Bertz CT molecular complexity index is 1100. The number of halogens is 1. The van der Waals surface area contributed by atoms with Crippen molar-refractivity contribution in [3.63, 3.8) is 0 Å². The molecule has 7 nitrogen and oxygen atoms in total. The summed E-state index contributed by atoms with van der Waals surface area (Å²) in [6.45, 7) is 8.97. The average Bonchev–Trinajstić information content (AvgIpc) is 3.32. The number of rotatable bonds is 7. The van der Waals surface area contributed by atoms with Gasteiger partial charge in [0.2, 0.25) is 0 Å². The van der Waals surface area contributed by atoms with Crippen LogP contribution in [0.5, 0.6) is 0 Å². The molecule has 4 rings (SSSR count). The van der Waals surface area contributed by atoms with Gasteiger partial charge in [0.1, 0.15) is 6.33 Å². The van der Waals surface area contributed by atoms with Gasteiger partial charge in [0.05, 0.1) is 5.69 Å². The van der Waals surface area contributed by atoms with Crippen LogP contribution < -0.4 is 10.6 Å². The monoisotopic (exact) mass is 466 g/mol. The summed E-state index contributed by atoms with van der Waals surface area (Å²) in [6, 6.07) is 11.7. The maximum absolute atomic E-state index is 13.1. The van der Waals surface area contributed by atoms with Crippen LogP contribution in [0.2, 0.25) is 5.02 Å². The third-order valence-corrected chi connectivity index (χ3v) is 6.50. The highest BCUT2D eigenvalue weighted by atomic mass is 35.5. The van der Waals surface area contributed by atoms with Crippen molar-refractivity contribution in [1.82, 2.24) is 30.8 Å². The number of hydrogen-bond donors (Lipinski definition) is 2. The van der Waals surface area contributed by atoms with E-state index in [9.17, 15) is 4.79 Å². The van der Waals surface area contributed by atoms with E-state index in [0.717, 1.165) is 29.9 Å².